The van der Waals surface area contributed by atoms with E-state index in [1.807, 2.05) is 15.8 Å². The van der Waals surface area contributed by atoms with E-state index in [0.29, 0.717) is 44.2 Å². The Morgan fingerprint density at radius 1 is 1.16 bits per heavy atom. The van der Waals surface area contributed by atoms with Crippen LogP contribution in [0.2, 0.25) is 0 Å². The first-order valence-corrected chi connectivity index (χ1v) is 14.2. The molecule has 2 fully saturated rings. The van der Waals surface area contributed by atoms with E-state index in [-0.39, 0.29) is 29.8 Å². The summed E-state index contributed by atoms with van der Waals surface area (Å²) in [6.45, 7) is 5.08. The number of aromatic nitrogens is 2. The van der Waals surface area contributed by atoms with Crippen LogP contribution in [0.1, 0.15) is 38.3 Å². The smallest absolute Gasteiger partial charge is 0.309 e. The fraction of sp³-hybridized carbons (Fsp3) is 0.520. The van der Waals surface area contributed by atoms with Crippen molar-refractivity contribution in [1.29, 1.82) is 0 Å². The van der Waals surface area contributed by atoms with Crippen LogP contribution in [0.5, 0.6) is 0 Å². The molecule has 206 valence electrons. The lowest BCUT2D eigenvalue weighted by atomic mass is 10.2. The summed E-state index contributed by atoms with van der Waals surface area (Å²) in [5, 5.41) is 1.15. The van der Waals surface area contributed by atoms with E-state index >= 15 is 0 Å². The third-order valence-electron chi connectivity index (χ3n) is 7.24. The molecule has 2 aromatic rings. The van der Waals surface area contributed by atoms with E-state index in [1.165, 1.54) is 0 Å². The third-order valence-corrected chi connectivity index (χ3v) is 8.71. The highest BCUT2D eigenvalue weighted by Gasteiger charge is 2.37. The molecule has 1 amide bonds. The van der Waals surface area contributed by atoms with Gasteiger partial charge in [0.25, 0.3) is 0 Å². The third kappa shape index (κ3) is 5.60. The predicted octanol–water partition coefficient (Wildman–Crippen LogP) is 2.27. The van der Waals surface area contributed by atoms with E-state index < -0.39 is 28.9 Å². The van der Waals surface area contributed by atoms with E-state index in [1.54, 1.807) is 6.33 Å². The number of carbonyl (C=O) groups is 1. The van der Waals surface area contributed by atoms with Gasteiger partial charge >= 0.3 is 5.91 Å². The Kier molecular flexibility index (Phi) is 8.07. The van der Waals surface area contributed by atoms with Crippen LogP contribution in [0.3, 0.4) is 0 Å². The number of hydrogen-bond donors (Lipinski definition) is 2. The Morgan fingerprint density at radius 2 is 1.84 bits per heavy atom. The molecular weight excluding hydrogens is 516 g/mol. The van der Waals surface area contributed by atoms with Crippen LogP contribution in [0.25, 0.3) is 0 Å². The number of nitrogens with one attached hydrogen (secondary N) is 1. The van der Waals surface area contributed by atoms with Gasteiger partial charge in [-0.3, -0.25) is 4.79 Å². The number of benzene rings is 1. The summed E-state index contributed by atoms with van der Waals surface area (Å²) in [7, 11) is 0. The van der Waals surface area contributed by atoms with Crippen LogP contribution in [0.15, 0.2) is 36.0 Å². The summed E-state index contributed by atoms with van der Waals surface area (Å²) in [5.74, 6) is -1.14. The molecule has 1 aromatic heterocycles. The molecule has 10 nitrogen and oxygen atoms in total. The first-order chi connectivity index (χ1) is 18.3. The topological polar surface area (TPSA) is 115 Å². The molecule has 1 aromatic carbocycles. The maximum atomic E-state index is 13.9. The lowest BCUT2D eigenvalue weighted by molar-refractivity contribution is -0.121. The van der Waals surface area contributed by atoms with Gasteiger partial charge in [-0.05, 0) is 44.7 Å². The van der Waals surface area contributed by atoms with Gasteiger partial charge in [0.15, 0.2) is 5.75 Å². The minimum Gasteiger partial charge on any atom is -0.598 e. The molecule has 13 heteroatoms. The second-order valence-corrected chi connectivity index (χ2v) is 11.1. The molecule has 1 atom stereocenters. The number of piperazine rings is 1. The first-order valence-electron chi connectivity index (χ1n) is 13.0. The fourth-order valence-electron chi connectivity index (χ4n) is 5.18. The van der Waals surface area contributed by atoms with Crippen molar-refractivity contribution in [2.75, 3.05) is 43.5 Å². The molecule has 1 aliphatic carbocycles. The number of nitrogens with zero attached hydrogens (tertiary/aromatic N) is 5. The second kappa shape index (κ2) is 11.5. The highest BCUT2D eigenvalue weighted by molar-refractivity contribution is 7.88. The molecule has 3 N–H and O–H groups in total. The number of hydrogen-bond acceptors (Lipinski definition) is 8. The van der Waals surface area contributed by atoms with E-state index in [2.05, 4.69) is 15.3 Å². The number of ether oxygens (including phenoxy) is 1. The molecule has 1 saturated carbocycles. The SMILES string of the molecule is CCn1cnc(N)c1C[S@@+]([O-])N1CCN(C2=C(OC3CCCC3)C(=O)N(c3cc(F)cc(F)c3)NC2)CC1. The van der Waals surface area contributed by atoms with Crippen molar-refractivity contribution in [2.24, 2.45) is 0 Å². The van der Waals surface area contributed by atoms with E-state index in [4.69, 9.17) is 10.5 Å². The van der Waals surface area contributed by atoms with Crippen LogP contribution < -0.4 is 16.2 Å². The molecule has 3 aliphatic rings. The molecule has 1 saturated heterocycles. The molecular formula is C25H33F2N7O3S. The summed E-state index contributed by atoms with van der Waals surface area (Å²) in [6, 6.07) is 2.98. The van der Waals surface area contributed by atoms with Crippen LogP contribution in [0, 0.1) is 11.6 Å². The molecule has 0 spiro atoms. The number of halogens is 2. The number of anilines is 2. The number of aryl methyl sites for hydroxylation is 1. The van der Waals surface area contributed by atoms with Crippen molar-refractivity contribution in [2.45, 2.75) is 51.0 Å². The van der Waals surface area contributed by atoms with Crippen LogP contribution in [0.4, 0.5) is 20.3 Å². The summed E-state index contributed by atoms with van der Waals surface area (Å²) in [6.07, 6.45) is 5.37. The van der Waals surface area contributed by atoms with E-state index in [0.717, 1.165) is 54.6 Å². The molecule has 38 heavy (non-hydrogen) atoms. The average molecular weight is 550 g/mol. The zero-order chi connectivity index (χ0) is 26.8. The highest BCUT2D eigenvalue weighted by Crippen LogP contribution is 2.30. The Balaban J connectivity index is 1.31. The summed E-state index contributed by atoms with van der Waals surface area (Å²) in [5.41, 5.74) is 10.5. The standard InChI is InChI=1S/C25H33F2N7O3S/c1-2-31-16-29-24(28)22(31)15-38(36)33-9-7-32(8-10-33)21-14-30-34(19-12-17(26)11-18(27)13-19)25(35)23(21)37-20-5-3-4-6-20/h11-13,16,20,30H,2-10,14-15,28H2,1H3/t38-/m1/s1. The van der Waals surface area contributed by atoms with Gasteiger partial charge in [-0.1, -0.05) is 0 Å². The number of hydrazine groups is 1. The second-order valence-electron chi connectivity index (χ2n) is 9.65. The Bertz CT molecular complexity index is 1180. The van der Waals surface area contributed by atoms with Gasteiger partial charge in [0.1, 0.15) is 23.1 Å². The average Bonchev–Trinajstić information content (AvgIpc) is 3.54. The van der Waals surface area contributed by atoms with Gasteiger partial charge in [0.05, 0.1) is 43.4 Å². The Morgan fingerprint density at radius 3 is 2.50 bits per heavy atom. The first kappa shape index (κ1) is 26.7. The maximum absolute atomic E-state index is 13.9. The summed E-state index contributed by atoms with van der Waals surface area (Å²) >= 11 is -1.28. The molecule has 3 heterocycles. The van der Waals surface area contributed by atoms with Gasteiger partial charge in [-0.15, -0.1) is 4.31 Å². The lowest BCUT2D eigenvalue weighted by Crippen LogP contribution is -2.55. The molecule has 0 bridgehead atoms. The van der Waals surface area contributed by atoms with Gasteiger partial charge in [-0.2, -0.15) is 0 Å². The van der Waals surface area contributed by atoms with Crippen molar-refractivity contribution in [3.63, 3.8) is 0 Å². The van der Waals surface area contributed by atoms with Crippen molar-refractivity contribution in [1.82, 2.24) is 24.2 Å². The number of nitrogens with two attached hydrogens (primary N) is 1. The van der Waals surface area contributed by atoms with Crippen LogP contribution >= 0.6 is 0 Å². The van der Waals surface area contributed by atoms with Gasteiger partial charge in [-0.25, -0.2) is 24.2 Å². The molecule has 0 unspecified atom stereocenters. The maximum Gasteiger partial charge on any atom is 0.309 e. The molecule has 5 rings (SSSR count). The van der Waals surface area contributed by atoms with Gasteiger partial charge in [0.2, 0.25) is 5.76 Å². The van der Waals surface area contributed by atoms with Crippen molar-refractivity contribution in [3.05, 3.63) is 53.3 Å². The lowest BCUT2D eigenvalue weighted by Gasteiger charge is -2.40. The summed E-state index contributed by atoms with van der Waals surface area (Å²) < 4.78 is 50.9. The van der Waals surface area contributed by atoms with Crippen molar-refractivity contribution >= 4 is 28.8 Å². The minimum absolute atomic E-state index is 0.0733. The number of imidazole rings is 1. The van der Waals surface area contributed by atoms with E-state index in [9.17, 15) is 18.1 Å². The quantitative estimate of drug-likeness (QED) is 0.482. The Hall–Kier alpha value is -2.87. The number of nitrogen functional groups attached to an aromatic ring is 1. The predicted molar refractivity (Wildman–Crippen MR) is 140 cm³/mol. The van der Waals surface area contributed by atoms with Gasteiger partial charge in [0, 0.05) is 37.1 Å². The number of amides is 1. The molecule has 2 aliphatic heterocycles. The number of carbonyl (C=O) groups excluding carboxylic acids is 1. The number of rotatable bonds is 8. The zero-order valence-electron chi connectivity index (χ0n) is 21.4. The minimum atomic E-state index is -1.28. The summed E-state index contributed by atoms with van der Waals surface area (Å²) in [4.78, 5) is 19.8. The van der Waals surface area contributed by atoms with Crippen molar-refractivity contribution < 1.29 is 22.9 Å². The van der Waals surface area contributed by atoms with Gasteiger partial charge < -0.3 is 24.5 Å². The normalized spacial score (nSPS) is 20.5. The van der Waals surface area contributed by atoms with Crippen LogP contribution in [-0.2, 0) is 33.2 Å². The molecule has 0 radical (unpaired) electrons. The van der Waals surface area contributed by atoms with Crippen LogP contribution in [-0.4, -0.2) is 68.0 Å². The fourth-order valence-corrected chi connectivity index (χ4v) is 6.48. The monoisotopic (exact) mass is 549 g/mol. The highest BCUT2D eigenvalue weighted by atomic mass is 32.2. The Labute approximate surface area is 223 Å². The van der Waals surface area contributed by atoms with Crippen molar-refractivity contribution in [3.8, 4) is 0 Å². The largest absolute Gasteiger partial charge is 0.598 e. The zero-order valence-corrected chi connectivity index (χ0v) is 22.2.